The Labute approximate surface area is 184 Å². The fourth-order valence-electron chi connectivity index (χ4n) is 4.70. The number of Topliss-reactive ketones (excluding diaryl/α,β-unsaturated/α-hetero) is 1. The van der Waals surface area contributed by atoms with Gasteiger partial charge in [0, 0.05) is 31.8 Å². The van der Waals surface area contributed by atoms with Gasteiger partial charge in [-0.15, -0.1) is 0 Å². The molecule has 1 fully saturated rings. The molecule has 5 nitrogen and oxygen atoms in total. The van der Waals surface area contributed by atoms with Crippen molar-refractivity contribution in [3.8, 4) is 11.1 Å². The van der Waals surface area contributed by atoms with Gasteiger partial charge in [0.05, 0.1) is 6.42 Å². The van der Waals surface area contributed by atoms with Crippen molar-refractivity contribution in [2.45, 2.75) is 44.9 Å². The molecule has 0 aromatic heterocycles. The number of nitrogens with zero attached hydrogens (tertiary/aromatic N) is 1. The third kappa shape index (κ3) is 5.60. The molecule has 0 radical (unpaired) electrons. The second-order valence-corrected chi connectivity index (χ2v) is 8.88. The van der Waals surface area contributed by atoms with Crippen LogP contribution in [0.1, 0.15) is 44.1 Å². The van der Waals surface area contributed by atoms with Crippen LogP contribution in [-0.4, -0.2) is 41.8 Å². The van der Waals surface area contributed by atoms with Gasteiger partial charge in [0.15, 0.2) is 0 Å². The summed E-state index contributed by atoms with van der Waals surface area (Å²) in [5, 5.41) is 9.35. The zero-order valence-electron chi connectivity index (χ0n) is 18.3. The monoisotopic (exact) mass is 421 g/mol. The van der Waals surface area contributed by atoms with Gasteiger partial charge in [-0.05, 0) is 36.0 Å². The first-order chi connectivity index (χ1) is 14.8. The lowest BCUT2D eigenvalue weighted by Crippen LogP contribution is -2.37. The maximum Gasteiger partial charge on any atom is 0.304 e. The van der Waals surface area contributed by atoms with Crippen LogP contribution in [0.25, 0.3) is 11.1 Å². The van der Waals surface area contributed by atoms with Crippen LogP contribution in [-0.2, 0) is 20.8 Å². The molecule has 31 heavy (non-hydrogen) atoms. The van der Waals surface area contributed by atoms with Crippen LogP contribution < -0.4 is 0 Å². The van der Waals surface area contributed by atoms with Gasteiger partial charge in [-0.2, -0.15) is 0 Å². The van der Waals surface area contributed by atoms with E-state index in [1.54, 1.807) is 14.1 Å². The summed E-state index contributed by atoms with van der Waals surface area (Å²) in [7, 11) is 3.39. The van der Waals surface area contributed by atoms with Crippen molar-refractivity contribution in [3.05, 3.63) is 60.2 Å². The van der Waals surface area contributed by atoms with E-state index >= 15 is 0 Å². The minimum absolute atomic E-state index is 0.0755. The zero-order chi connectivity index (χ0) is 22.4. The molecule has 0 aliphatic heterocycles. The number of carboxylic acid groups (broad SMARTS) is 1. The Bertz CT molecular complexity index is 912. The lowest BCUT2D eigenvalue weighted by atomic mass is 9.74. The lowest BCUT2D eigenvalue weighted by Gasteiger charge is -2.28. The molecule has 1 amide bonds. The molecule has 2 aromatic carbocycles. The van der Waals surface area contributed by atoms with E-state index in [1.807, 2.05) is 42.5 Å². The average molecular weight is 422 g/mol. The molecule has 0 unspecified atom stereocenters. The first kappa shape index (κ1) is 22.7. The second kappa shape index (κ2) is 9.90. The molecule has 164 valence electrons. The molecular formula is C26H31NO4. The fourth-order valence-corrected chi connectivity index (χ4v) is 4.70. The molecule has 1 atom stereocenters. The Morgan fingerprint density at radius 2 is 1.52 bits per heavy atom. The SMILES string of the molecule is CN(C)C(=O)[C@@H](CC(=O)C1(CC(=O)O)CCCC1)Cc1ccc(-c2ccccc2)cc1. The number of carbonyl (C=O) groups is 3. The highest BCUT2D eigenvalue weighted by atomic mass is 16.4. The predicted molar refractivity (Wildman–Crippen MR) is 121 cm³/mol. The standard InChI is InChI=1S/C26H31NO4/c1-27(2)25(31)22(17-23(28)26(18-24(29)30)14-6-7-15-26)16-19-10-12-21(13-11-19)20-8-4-3-5-9-20/h3-5,8-13,22H,6-7,14-18H2,1-2H3,(H,29,30)/t22-/m1/s1. The first-order valence-corrected chi connectivity index (χ1v) is 10.9. The van der Waals surface area contributed by atoms with E-state index in [9.17, 15) is 19.5 Å². The minimum atomic E-state index is -0.942. The van der Waals surface area contributed by atoms with Crippen molar-refractivity contribution >= 4 is 17.7 Å². The molecule has 1 aliphatic carbocycles. The van der Waals surface area contributed by atoms with Crippen LogP contribution in [0.15, 0.2) is 54.6 Å². The van der Waals surface area contributed by atoms with Crippen molar-refractivity contribution in [2.75, 3.05) is 14.1 Å². The minimum Gasteiger partial charge on any atom is -0.481 e. The normalized spacial score (nSPS) is 15.9. The number of hydrogen-bond donors (Lipinski definition) is 1. The first-order valence-electron chi connectivity index (χ1n) is 10.9. The molecule has 3 rings (SSSR count). The summed E-state index contributed by atoms with van der Waals surface area (Å²) in [5.74, 6) is -1.60. The summed E-state index contributed by atoms with van der Waals surface area (Å²) in [6, 6.07) is 18.2. The Morgan fingerprint density at radius 1 is 0.935 bits per heavy atom. The third-order valence-electron chi connectivity index (χ3n) is 6.41. The molecule has 0 spiro atoms. The molecule has 0 bridgehead atoms. The molecule has 1 N–H and O–H groups in total. The highest BCUT2D eigenvalue weighted by Gasteiger charge is 2.43. The van der Waals surface area contributed by atoms with Crippen LogP contribution in [0.3, 0.4) is 0 Å². The molecular weight excluding hydrogens is 390 g/mol. The highest BCUT2D eigenvalue weighted by molar-refractivity contribution is 5.92. The second-order valence-electron chi connectivity index (χ2n) is 8.88. The van der Waals surface area contributed by atoms with Crippen LogP contribution in [0.5, 0.6) is 0 Å². The molecule has 0 heterocycles. The van der Waals surface area contributed by atoms with Gasteiger partial charge in [-0.25, -0.2) is 0 Å². The Hall–Kier alpha value is -2.95. The van der Waals surface area contributed by atoms with Crippen molar-refractivity contribution in [3.63, 3.8) is 0 Å². The van der Waals surface area contributed by atoms with E-state index in [2.05, 4.69) is 12.1 Å². The number of amides is 1. The van der Waals surface area contributed by atoms with E-state index in [1.165, 1.54) is 4.90 Å². The molecule has 5 heteroatoms. The van der Waals surface area contributed by atoms with E-state index in [4.69, 9.17) is 0 Å². The van der Waals surface area contributed by atoms with E-state index in [0.29, 0.717) is 19.3 Å². The third-order valence-corrected chi connectivity index (χ3v) is 6.41. The number of hydrogen-bond acceptors (Lipinski definition) is 3. The van der Waals surface area contributed by atoms with Crippen LogP contribution in [0, 0.1) is 11.3 Å². The van der Waals surface area contributed by atoms with Crippen molar-refractivity contribution in [1.82, 2.24) is 4.90 Å². The maximum atomic E-state index is 13.2. The predicted octanol–water partition coefficient (Wildman–Crippen LogP) is 4.59. The van der Waals surface area contributed by atoms with Gasteiger partial charge in [0.2, 0.25) is 5.91 Å². The fraction of sp³-hybridized carbons (Fsp3) is 0.423. The summed E-state index contributed by atoms with van der Waals surface area (Å²) < 4.78 is 0. The average Bonchev–Trinajstić information content (AvgIpc) is 3.23. The summed E-state index contributed by atoms with van der Waals surface area (Å²) in [5.41, 5.74) is 2.41. The highest BCUT2D eigenvalue weighted by Crippen LogP contribution is 2.43. The van der Waals surface area contributed by atoms with Gasteiger partial charge in [0.1, 0.15) is 5.78 Å². The van der Waals surface area contributed by atoms with Gasteiger partial charge >= 0.3 is 5.97 Å². The summed E-state index contributed by atoms with van der Waals surface area (Å²) in [6.45, 7) is 0. The molecule has 1 aliphatic rings. The van der Waals surface area contributed by atoms with E-state index in [0.717, 1.165) is 29.5 Å². The van der Waals surface area contributed by atoms with Gasteiger partial charge < -0.3 is 10.0 Å². The van der Waals surface area contributed by atoms with Crippen molar-refractivity contribution in [2.24, 2.45) is 11.3 Å². The van der Waals surface area contributed by atoms with Crippen molar-refractivity contribution in [1.29, 1.82) is 0 Å². The summed E-state index contributed by atoms with van der Waals surface area (Å²) in [6.07, 6.45) is 3.35. The zero-order valence-corrected chi connectivity index (χ0v) is 18.3. The number of ketones is 1. The van der Waals surface area contributed by atoms with Crippen LogP contribution >= 0.6 is 0 Å². The van der Waals surface area contributed by atoms with E-state index < -0.39 is 17.3 Å². The van der Waals surface area contributed by atoms with Gasteiger partial charge in [-0.3, -0.25) is 14.4 Å². The maximum absolute atomic E-state index is 13.2. The van der Waals surface area contributed by atoms with Gasteiger partial charge in [-0.1, -0.05) is 67.4 Å². The largest absolute Gasteiger partial charge is 0.481 e. The van der Waals surface area contributed by atoms with Crippen LogP contribution in [0.2, 0.25) is 0 Å². The topological polar surface area (TPSA) is 74.7 Å². The smallest absolute Gasteiger partial charge is 0.304 e. The molecule has 2 aromatic rings. The Morgan fingerprint density at radius 3 is 2.06 bits per heavy atom. The Kier molecular flexibility index (Phi) is 7.26. The number of rotatable bonds is 9. The summed E-state index contributed by atoms with van der Waals surface area (Å²) in [4.78, 5) is 39.0. The number of carbonyl (C=O) groups excluding carboxylic acids is 2. The van der Waals surface area contributed by atoms with Crippen LogP contribution in [0.4, 0.5) is 0 Å². The molecule has 0 saturated heterocycles. The number of carboxylic acids is 1. The quantitative estimate of drug-likeness (QED) is 0.642. The lowest BCUT2D eigenvalue weighted by molar-refractivity contribution is -0.145. The summed E-state index contributed by atoms with van der Waals surface area (Å²) >= 11 is 0. The number of benzene rings is 2. The Balaban J connectivity index is 1.77. The number of aliphatic carboxylic acids is 1. The molecule has 1 saturated carbocycles. The van der Waals surface area contributed by atoms with Gasteiger partial charge in [0.25, 0.3) is 0 Å². The van der Waals surface area contributed by atoms with Crippen molar-refractivity contribution < 1.29 is 19.5 Å². The van der Waals surface area contributed by atoms with E-state index in [-0.39, 0.29) is 24.5 Å².